The smallest absolute Gasteiger partial charge is 0.309 e. The number of aliphatic hydroxyl groups excluding tert-OH is 1. The Balaban J connectivity index is 1.57. The molecule has 5 rings (SSSR count). The van der Waals surface area contributed by atoms with Crippen LogP contribution >= 0.6 is 0 Å². The van der Waals surface area contributed by atoms with E-state index < -0.39 is 23.1 Å². The van der Waals surface area contributed by atoms with E-state index in [-0.39, 0.29) is 27.6 Å². The average Bonchev–Trinajstić information content (AvgIpc) is 2.73. The van der Waals surface area contributed by atoms with Gasteiger partial charge >= 0.3 is 5.97 Å². The molecule has 33 heavy (non-hydrogen) atoms. The molecule has 3 N–H and O–H groups in total. The highest BCUT2D eigenvalue weighted by molar-refractivity contribution is 5.74. The molecule has 4 fully saturated rings. The van der Waals surface area contributed by atoms with E-state index in [1.807, 2.05) is 13.8 Å². The molecular weight excluding hydrogens is 412 g/mol. The maximum Gasteiger partial charge on any atom is 0.309 e. The van der Waals surface area contributed by atoms with Gasteiger partial charge in [-0.2, -0.15) is 0 Å². The number of hydrogen-bond acceptors (Lipinski definition) is 3. The van der Waals surface area contributed by atoms with Gasteiger partial charge in [0.15, 0.2) is 0 Å². The van der Waals surface area contributed by atoms with E-state index in [4.69, 9.17) is 0 Å². The Hall–Kier alpha value is -0.870. The normalized spacial score (nSPS) is 58.2. The van der Waals surface area contributed by atoms with Crippen molar-refractivity contribution < 1.29 is 20.1 Å². The highest BCUT2D eigenvalue weighted by Gasteiger charge is 2.68. The number of aliphatic carboxylic acids is 1. The molecule has 4 nitrogen and oxygen atoms in total. The van der Waals surface area contributed by atoms with Crippen molar-refractivity contribution >= 4 is 5.97 Å². The number of rotatable bonds is 1. The topological polar surface area (TPSA) is 77.8 Å². The van der Waals surface area contributed by atoms with Crippen molar-refractivity contribution in [2.75, 3.05) is 0 Å². The standard InChI is InChI=1S/C29H46O4/c1-24-13-14-25(2,23(31)32)17-19(24)18-7-8-20-26(3)11-10-22(30)29(6,33)21(26)9-12-28(20,5)27(18,4)16-15-24/h7,19-22,30,33H,8-17H2,1-6H3,(H,31,32)/t19-,20+,21+,22-,24+,25-,26+,27+,28+,29+/m0/s1. The summed E-state index contributed by atoms with van der Waals surface area (Å²) in [6, 6.07) is 0. The molecule has 4 heteroatoms. The minimum Gasteiger partial charge on any atom is -0.481 e. The zero-order valence-electron chi connectivity index (χ0n) is 21.7. The lowest BCUT2D eigenvalue weighted by atomic mass is 9.34. The molecule has 0 aromatic carbocycles. The molecule has 0 bridgehead atoms. The van der Waals surface area contributed by atoms with E-state index in [0.717, 1.165) is 44.9 Å². The lowest BCUT2D eigenvalue weighted by Gasteiger charge is -2.71. The summed E-state index contributed by atoms with van der Waals surface area (Å²) >= 11 is 0. The van der Waals surface area contributed by atoms with Crippen molar-refractivity contribution in [3.05, 3.63) is 11.6 Å². The van der Waals surface area contributed by atoms with E-state index in [0.29, 0.717) is 18.3 Å². The van der Waals surface area contributed by atoms with Gasteiger partial charge in [-0.05, 0) is 117 Å². The summed E-state index contributed by atoms with van der Waals surface area (Å²) in [7, 11) is 0. The second-order valence-corrected chi connectivity index (χ2v) is 14.4. The molecule has 0 saturated heterocycles. The van der Waals surface area contributed by atoms with Gasteiger partial charge in [-0.25, -0.2) is 0 Å². The van der Waals surface area contributed by atoms with Gasteiger partial charge in [0.05, 0.1) is 17.1 Å². The Labute approximate surface area is 200 Å². The Bertz CT molecular complexity index is 892. The molecule has 0 amide bonds. The monoisotopic (exact) mass is 458 g/mol. The van der Waals surface area contributed by atoms with Crippen LogP contribution in [0.5, 0.6) is 0 Å². The summed E-state index contributed by atoms with van der Waals surface area (Å²) < 4.78 is 0. The van der Waals surface area contributed by atoms with Gasteiger partial charge in [-0.15, -0.1) is 0 Å². The van der Waals surface area contributed by atoms with Crippen LogP contribution in [-0.4, -0.2) is 33.0 Å². The quantitative estimate of drug-likeness (QED) is 0.424. The zero-order chi connectivity index (χ0) is 24.2. The van der Waals surface area contributed by atoms with Crippen molar-refractivity contribution in [1.82, 2.24) is 0 Å². The number of fused-ring (bicyclic) bond motifs is 7. The minimum absolute atomic E-state index is 0.0175. The van der Waals surface area contributed by atoms with Crippen molar-refractivity contribution in [3.63, 3.8) is 0 Å². The average molecular weight is 459 g/mol. The minimum atomic E-state index is -1.02. The lowest BCUT2D eigenvalue weighted by Crippen LogP contribution is -2.66. The van der Waals surface area contributed by atoms with Crippen molar-refractivity contribution in [1.29, 1.82) is 0 Å². The Morgan fingerprint density at radius 3 is 2.24 bits per heavy atom. The SMILES string of the molecule is C[C@]1(C(=O)O)CC[C@]2(C)CC[C@]3(C)C(=CC[C@@H]4[C@@]5(C)CC[C@H](O)[C@](C)(O)[C@@H]5CC[C@]43C)[C@@H]2C1. The first kappa shape index (κ1) is 23.9. The summed E-state index contributed by atoms with van der Waals surface area (Å²) in [6.07, 6.45) is 11.6. The van der Waals surface area contributed by atoms with E-state index in [1.165, 1.54) is 12.8 Å². The first-order chi connectivity index (χ1) is 15.1. The molecule has 0 aliphatic heterocycles. The third-order valence-corrected chi connectivity index (χ3v) is 13.0. The number of aliphatic hydroxyl groups is 2. The van der Waals surface area contributed by atoms with E-state index in [1.54, 1.807) is 5.57 Å². The molecule has 4 saturated carbocycles. The summed E-state index contributed by atoms with van der Waals surface area (Å²) in [5.74, 6) is 0.332. The van der Waals surface area contributed by atoms with Gasteiger partial charge in [0.1, 0.15) is 0 Å². The Morgan fingerprint density at radius 2 is 1.58 bits per heavy atom. The molecule has 10 atom stereocenters. The van der Waals surface area contributed by atoms with Gasteiger partial charge < -0.3 is 15.3 Å². The summed E-state index contributed by atoms with van der Waals surface area (Å²) in [4.78, 5) is 12.2. The largest absolute Gasteiger partial charge is 0.481 e. The van der Waals surface area contributed by atoms with Crippen LogP contribution in [0.2, 0.25) is 0 Å². The van der Waals surface area contributed by atoms with Crippen LogP contribution in [0.1, 0.15) is 106 Å². The number of allylic oxidation sites excluding steroid dienone is 2. The highest BCUT2D eigenvalue weighted by Crippen LogP contribution is 2.75. The molecule has 5 aliphatic carbocycles. The van der Waals surface area contributed by atoms with Gasteiger partial charge in [-0.3, -0.25) is 4.79 Å². The Kier molecular flexibility index (Phi) is 4.97. The molecule has 0 unspecified atom stereocenters. The van der Waals surface area contributed by atoms with E-state index >= 15 is 0 Å². The predicted octanol–water partition coefficient (Wildman–Crippen LogP) is 5.96. The van der Waals surface area contributed by atoms with Crippen LogP contribution in [-0.2, 0) is 4.79 Å². The van der Waals surface area contributed by atoms with Crippen molar-refractivity contribution in [2.24, 2.45) is 44.8 Å². The maximum atomic E-state index is 12.2. The van der Waals surface area contributed by atoms with Crippen LogP contribution in [0.4, 0.5) is 0 Å². The predicted molar refractivity (Wildman–Crippen MR) is 130 cm³/mol. The summed E-state index contributed by atoms with van der Waals surface area (Å²) in [5.41, 5.74) is 0.366. The van der Waals surface area contributed by atoms with Crippen molar-refractivity contribution in [3.8, 4) is 0 Å². The summed E-state index contributed by atoms with van der Waals surface area (Å²) in [5, 5.41) is 32.0. The second kappa shape index (κ2) is 6.87. The Morgan fingerprint density at radius 1 is 0.909 bits per heavy atom. The highest BCUT2D eigenvalue weighted by atomic mass is 16.4. The molecular formula is C29H46O4. The van der Waals surface area contributed by atoms with Gasteiger partial charge in [-0.1, -0.05) is 39.3 Å². The molecule has 5 aliphatic rings. The van der Waals surface area contributed by atoms with Gasteiger partial charge in [0.25, 0.3) is 0 Å². The van der Waals surface area contributed by atoms with Crippen LogP contribution in [0.15, 0.2) is 11.6 Å². The number of carboxylic acids is 1. The fourth-order valence-electron chi connectivity index (χ4n) is 10.2. The molecule has 0 radical (unpaired) electrons. The van der Waals surface area contributed by atoms with Crippen LogP contribution in [0.3, 0.4) is 0 Å². The first-order valence-corrected chi connectivity index (χ1v) is 13.5. The molecule has 186 valence electrons. The first-order valence-electron chi connectivity index (χ1n) is 13.5. The maximum absolute atomic E-state index is 12.2. The fraction of sp³-hybridized carbons (Fsp3) is 0.897. The summed E-state index contributed by atoms with van der Waals surface area (Å²) in [6.45, 7) is 13.7. The van der Waals surface area contributed by atoms with Crippen LogP contribution in [0, 0.1) is 44.8 Å². The molecule has 0 aromatic heterocycles. The van der Waals surface area contributed by atoms with Crippen LogP contribution in [0.25, 0.3) is 0 Å². The molecule has 0 heterocycles. The van der Waals surface area contributed by atoms with Crippen molar-refractivity contribution in [2.45, 2.75) is 117 Å². The fourth-order valence-corrected chi connectivity index (χ4v) is 10.2. The third-order valence-electron chi connectivity index (χ3n) is 13.0. The molecule has 0 spiro atoms. The van der Waals surface area contributed by atoms with Crippen LogP contribution < -0.4 is 0 Å². The third kappa shape index (κ3) is 2.86. The number of carboxylic acid groups (broad SMARTS) is 1. The van der Waals surface area contributed by atoms with Gasteiger partial charge in [0, 0.05) is 0 Å². The second-order valence-electron chi connectivity index (χ2n) is 14.4. The van der Waals surface area contributed by atoms with Gasteiger partial charge in [0.2, 0.25) is 0 Å². The zero-order valence-corrected chi connectivity index (χ0v) is 21.7. The van der Waals surface area contributed by atoms with E-state index in [9.17, 15) is 20.1 Å². The van der Waals surface area contributed by atoms with E-state index in [2.05, 4.69) is 33.8 Å². The lowest BCUT2D eigenvalue weighted by molar-refractivity contribution is -0.233. The molecule has 0 aromatic rings. The number of hydrogen-bond donors (Lipinski definition) is 3. The number of carbonyl (C=O) groups is 1.